The average molecular weight is 319 g/mol. The number of methoxy groups -OCH3 is 1. The highest BCUT2D eigenvalue weighted by Crippen LogP contribution is 2.09. The largest absolute Gasteiger partial charge is 0.448 e. The smallest absolute Gasteiger partial charge is 0.406 e. The van der Waals surface area contributed by atoms with E-state index in [9.17, 15) is 4.79 Å². The molecule has 0 atom stereocenters. The second-order valence-electron chi connectivity index (χ2n) is 3.84. The molecule has 1 aromatic rings. The zero-order valence-corrected chi connectivity index (χ0v) is 12.7. The monoisotopic (exact) mass is 318 g/mol. The molecule has 0 aliphatic carbocycles. The number of rotatable bonds is 9. The Balaban J connectivity index is 2.39. The second-order valence-corrected chi connectivity index (χ2v) is 4.18. The molecule has 0 spiro atoms. The normalized spacial score (nSPS) is 10.0. The van der Waals surface area contributed by atoms with Crippen molar-refractivity contribution in [3.63, 3.8) is 0 Å². The van der Waals surface area contributed by atoms with E-state index in [0.717, 1.165) is 6.42 Å². The summed E-state index contributed by atoms with van der Waals surface area (Å²) >= 11 is 5.81. The molecule has 1 aromatic heterocycles. The molecule has 1 amide bonds. The van der Waals surface area contributed by atoms with E-state index in [0.29, 0.717) is 31.6 Å². The maximum absolute atomic E-state index is 10.9. The maximum atomic E-state index is 10.9. The summed E-state index contributed by atoms with van der Waals surface area (Å²) in [4.78, 5) is 22.9. The molecule has 0 unspecified atom stereocenters. The summed E-state index contributed by atoms with van der Waals surface area (Å²) in [6, 6.07) is 0. The minimum Gasteiger partial charge on any atom is -0.448 e. The zero-order chi connectivity index (χ0) is 15.5. The third kappa shape index (κ3) is 7.47. The van der Waals surface area contributed by atoms with Crippen LogP contribution < -0.4 is 16.0 Å². The second kappa shape index (κ2) is 9.94. The van der Waals surface area contributed by atoms with Crippen molar-refractivity contribution < 1.29 is 14.3 Å². The van der Waals surface area contributed by atoms with Gasteiger partial charge in [-0.15, -0.1) is 0 Å². The number of halogens is 1. The van der Waals surface area contributed by atoms with Gasteiger partial charge >= 0.3 is 6.09 Å². The number of anilines is 2. The molecule has 0 aliphatic rings. The predicted octanol–water partition coefficient (Wildman–Crippen LogP) is 0.741. The quantitative estimate of drug-likeness (QED) is 0.572. The van der Waals surface area contributed by atoms with Crippen molar-refractivity contribution in [2.45, 2.75) is 6.42 Å². The van der Waals surface area contributed by atoms with Gasteiger partial charge in [0, 0.05) is 27.3 Å². The van der Waals surface area contributed by atoms with Crippen LogP contribution in [0.4, 0.5) is 16.7 Å². The molecule has 0 aliphatic heterocycles. The standard InChI is InChI=1S/C11H19ClN6O3/c1-13-11(19)21-7-5-15-10-17-8(12)16-9(18-10)14-4-3-6-20-2/h3-7H2,1-2H3,(H,13,19)(H2,14,15,16,17,18). The third-order valence-electron chi connectivity index (χ3n) is 2.24. The van der Waals surface area contributed by atoms with E-state index in [1.54, 1.807) is 7.11 Å². The predicted molar refractivity (Wildman–Crippen MR) is 78.7 cm³/mol. The molecule has 0 bridgehead atoms. The Morgan fingerprint density at radius 3 is 2.43 bits per heavy atom. The van der Waals surface area contributed by atoms with E-state index in [4.69, 9.17) is 21.1 Å². The van der Waals surface area contributed by atoms with Crippen LogP contribution in [0.1, 0.15) is 6.42 Å². The van der Waals surface area contributed by atoms with E-state index >= 15 is 0 Å². The van der Waals surface area contributed by atoms with Crippen LogP contribution in [0.25, 0.3) is 0 Å². The summed E-state index contributed by atoms with van der Waals surface area (Å²) in [5, 5.41) is 8.33. The van der Waals surface area contributed by atoms with Crippen LogP contribution in [0.2, 0.25) is 5.28 Å². The fourth-order valence-corrected chi connectivity index (χ4v) is 1.46. The molecule has 0 radical (unpaired) electrons. The fourth-order valence-electron chi connectivity index (χ4n) is 1.30. The number of nitrogens with one attached hydrogen (secondary N) is 3. The lowest BCUT2D eigenvalue weighted by Gasteiger charge is -2.08. The van der Waals surface area contributed by atoms with Gasteiger partial charge < -0.3 is 25.4 Å². The summed E-state index contributed by atoms with van der Waals surface area (Å²) in [6.45, 7) is 1.84. The van der Waals surface area contributed by atoms with Crippen molar-refractivity contribution in [1.82, 2.24) is 20.3 Å². The molecular formula is C11H19ClN6O3. The minimum absolute atomic E-state index is 0.0777. The van der Waals surface area contributed by atoms with Gasteiger partial charge in [-0.05, 0) is 18.0 Å². The number of hydrogen-bond acceptors (Lipinski definition) is 8. The molecule has 1 heterocycles. The van der Waals surface area contributed by atoms with Gasteiger partial charge in [-0.1, -0.05) is 0 Å². The van der Waals surface area contributed by atoms with Crippen LogP contribution in [0.5, 0.6) is 0 Å². The van der Waals surface area contributed by atoms with Gasteiger partial charge in [0.25, 0.3) is 0 Å². The van der Waals surface area contributed by atoms with Gasteiger partial charge in [-0.2, -0.15) is 15.0 Å². The van der Waals surface area contributed by atoms with Crippen molar-refractivity contribution in [2.24, 2.45) is 0 Å². The lowest BCUT2D eigenvalue weighted by molar-refractivity contribution is 0.153. The molecule has 118 valence electrons. The van der Waals surface area contributed by atoms with Crippen molar-refractivity contribution in [3.8, 4) is 0 Å². The van der Waals surface area contributed by atoms with Crippen LogP contribution in [-0.4, -0.2) is 61.5 Å². The first-order valence-corrected chi connectivity index (χ1v) is 6.76. The van der Waals surface area contributed by atoms with Gasteiger partial charge in [-0.3, -0.25) is 0 Å². The number of nitrogens with zero attached hydrogens (tertiary/aromatic N) is 3. The minimum atomic E-state index is -0.494. The van der Waals surface area contributed by atoms with Crippen molar-refractivity contribution in [1.29, 1.82) is 0 Å². The molecule has 0 aromatic carbocycles. The summed E-state index contributed by atoms with van der Waals surface area (Å²) < 4.78 is 9.76. The summed E-state index contributed by atoms with van der Waals surface area (Å²) in [5.74, 6) is 0.686. The van der Waals surface area contributed by atoms with Gasteiger partial charge in [-0.25, -0.2) is 4.79 Å². The van der Waals surface area contributed by atoms with Crippen LogP contribution in [-0.2, 0) is 9.47 Å². The number of ether oxygens (including phenoxy) is 2. The van der Waals surface area contributed by atoms with Crippen LogP contribution in [0.15, 0.2) is 0 Å². The Morgan fingerprint density at radius 1 is 1.14 bits per heavy atom. The van der Waals surface area contributed by atoms with E-state index in [2.05, 4.69) is 30.9 Å². The molecule has 0 fully saturated rings. The molecule has 3 N–H and O–H groups in total. The molecule has 0 saturated carbocycles. The maximum Gasteiger partial charge on any atom is 0.406 e. The Kier molecular flexibility index (Phi) is 8.14. The molecular weight excluding hydrogens is 300 g/mol. The Hall–Kier alpha value is -1.87. The Morgan fingerprint density at radius 2 is 1.81 bits per heavy atom. The zero-order valence-electron chi connectivity index (χ0n) is 12.0. The molecule has 0 saturated heterocycles. The van der Waals surface area contributed by atoms with E-state index < -0.39 is 6.09 Å². The highest BCUT2D eigenvalue weighted by molar-refractivity contribution is 6.28. The highest BCUT2D eigenvalue weighted by Gasteiger charge is 2.05. The summed E-state index contributed by atoms with van der Waals surface area (Å²) in [7, 11) is 3.13. The topological polar surface area (TPSA) is 110 Å². The van der Waals surface area contributed by atoms with E-state index in [1.165, 1.54) is 7.05 Å². The van der Waals surface area contributed by atoms with Crippen LogP contribution in [0, 0.1) is 0 Å². The molecule has 9 nitrogen and oxygen atoms in total. The van der Waals surface area contributed by atoms with E-state index in [1.807, 2.05) is 0 Å². The number of amides is 1. The van der Waals surface area contributed by atoms with Crippen molar-refractivity contribution in [2.75, 3.05) is 51.1 Å². The SMILES string of the molecule is CNC(=O)OCCNc1nc(Cl)nc(NCCCOC)n1. The number of alkyl carbamates (subject to hydrolysis) is 1. The first-order valence-electron chi connectivity index (χ1n) is 6.38. The summed E-state index contributed by atoms with van der Waals surface area (Å²) in [5.41, 5.74) is 0. The lowest BCUT2D eigenvalue weighted by Crippen LogP contribution is -2.22. The van der Waals surface area contributed by atoms with Crippen molar-refractivity contribution in [3.05, 3.63) is 5.28 Å². The molecule has 21 heavy (non-hydrogen) atoms. The van der Waals surface area contributed by atoms with E-state index in [-0.39, 0.29) is 11.9 Å². The fraction of sp³-hybridized carbons (Fsp3) is 0.636. The van der Waals surface area contributed by atoms with Crippen LogP contribution >= 0.6 is 11.6 Å². The first kappa shape index (κ1) is 17.2. The first-order chi connectivity index (χ1) is 10.2. The number of aromatic nitrogens is 3. The Bertz CT molecular complexity index is 448. The number of carbonyl (C=O) groups excluding carboxylic acids is 1. The molecule has 10 heteroatoms. The van der Waals surface area contributed by atoms with Gasteiger partial charge in [0.2, 0.25) is 17.2 Å². The van der Waals surface area contributed by atoms with Crippen LogP contribution in [0.3, 0.4) is 0 Å². The van der Waals surface area contributed by atoms with Gasteiger partial charge in [0.15, 0.2) is 0 Å². The highest BCUT2D eigenvalue weighted by atomic mass is 35.5. The van der Waals surface area contributed by atoms with Gasteiger partial charge in [0.1, 0.15) is 6.61 Å². The third-order valence-corrected chi connectivity index (χ3v) is 2.41. The summed E-state index contributed by atoms with van der Waals surface area (Å²) in [6.07, 6.45) is 0.327. The van der Waals surface area contributed by atoms with Crippen molar-refractivity contribution >= 4 is 29.6 Å². The van der Waals surface area contributed by atoms with Gasteiger partial charge in [0.05, 0.1) is 6.54 Å². The lowest BCUT2D eigenvalue weighted by atomic mass is 10.4. The number of hydrogen-bond donors (Lipinski definition) is 3. The average Bonchev–Trinajstić information content (AvgIpc) is 2.47. The Labute approximate surface area is 127 Å². The molecule has 1 rings (SSSR count). The number of carbonyl (C=O) groups is 1.